The van der Waals surface area contributed by atoms with E-state index in [0.29, 0.717) is 36.1 Å². The molecule has 3 rings (SSSR count). The van der Waals surface area contributed by atoms with E-state index in [2.05, 4.69) is 20.5 Å². The fourth-order valence-electron chi connectivity index (χ4n) is 2.53. The van der Waals surface area contributed by atoms with Crippen LogP contribution in [0.3, 0.4) is 0 Å². The van der Waals surface area contributed by atoms with Gasteiger partial charge in [0.15, 0.2) is 5.01 Å². The molecule has 2 amide bonds. The smallest absolute Gasteiger partial charge is 0.229 e. The van der Waals surface area contributed by atoms with Crippen molar-refractivity contribution < 1.29 is 9.59 Å². The summed E-state index contributed by atoms with van der Waals surface area (Å²) in [4.78, 5) is 29.6. The third kappa shape index (κ3) is 3.70. The summed E-state index contributed by atoms with van der Waals surface area (Å²) in [6, 6.07) is 5.56. The minimum atomic E-state index is -0.0900. The van der Waals surface area contributed by atoms with Crippen LogP contribution in [0.5, 0.6) is 0 Å². The van der Waals surface area contributed by atoms with E-state index >= 15 is 0 Å². The lowest BCUT2D eigenvalue weighted by Crippen LogP contribution is -2.40. The number of hydrogen-bond donors (Lipinski definition) is 1. The van der Waals surface area contributed by atoms with Crippen LogP contribution in [0.4, 0.5) is 5.13 Å². The molecular formula is C15H17N5O2S. The van der Waals surface area contributed by atoms with Crippen molar-refractivity contribution in [2.75, 3.05) is 18.4 Å². The van der Waals surface area contributed by atoms with Crippen LogP contribution in [0.25, 0.3) is 10.7 Å². The topological polar surface area (TPSA) is 88.1 Å². The van der Waals surface area contributed by atoms with Gasteiger partial charge in [0.25, 0.3) is 0 Å². The van der Waals surface area contributed by atoms with Gasteiger partial charge in [-0.3, -0.25) is 14.6 Å². The van der Waals surface area contributed by atoms with Gasteiger partial charge in [-0.15, -0.1) is 10.2 Å². The van der Waals surface area contributed by atoms with Crippen LogP contribution in [-0.4, -0.2) is 45.0 Å². The monoisotopic (exact) mass is 331 g/mol. The van der Waals surface area contributed by atoms with E-state index < -0.39 is 0 Å². The first kappa shape index (κ1) is 15.5. The van der Waals surface area contributed by atoms with Gasteiger partial charge in [0.05, 0.1) is 0 Å². The van der Waals surface area contributed by atoms with Crippen LogP contribution < -0.4 is 5.32 Å². The molecule has 2 aromatic rings. The van der Waals surface area contributed by atoms with Gasteiger partial charge in [0.2, 0.25) is 16.9 Å². The summed E-state index contributed by atoms with van der Waals surface area (Å²) in [6.07, 6.45) is 3.05. The Bertz CT molecular complexity index is 695. The molecule has 1 N–H and O–H groups in total. The predicted octanol–water partition coefficient (Wildman–Crippen LogP) is 1.80. The summed E-state index contributed by atoms with van der Waals surface area (Å²) < 4.78 is 0. The van der Waals surface area contributed by atoms with Gasteiger partial charge in [-0.2, -0.15) is 0 Å². The summed E-state index contributed by atoms with van der Waals surface area (Å²) in [5.74, 6) is -0.0855. The van der Waals surface area contributed by atoms with Crippen molar-refractivity contribution in [1.29, 1.82) is 0 Å². The van der Waals surface area contributed by atoms with Gasteiger partial charge >= 0.3 is 0 Å². The summed E-state index contributed by atoms with van der Waals surface area (Å²) in [6.45, 7) is 2.81. The van der Waals surface area contributed by atoms with E-state index in [4.69, 9.17) is 0 Å². The second-order valence-corrected chi connectivity index (χ2v) is 6.37. The molecule has 0 aliphatic carbocycles. The van der Waals surface area contributed by atoms with Crippen molar-refractivity contribution in [3.63, 3.8) is 0 Å². The number of nitrogens with one attached hydrogen (secondary N) is 1. The lowest BCUT2D eigenvalue weighted by atomic mass is 9.96. The molecule has 1 saturated heterocycles. The number of pyridine rings is 1. The Balaban J connectivity index is 1.59. The molecule has 0 spiro atoms. The number of amides is 2. The Morgan fingerprint density at radius 1 is 1.26 bits per heavy atom. The van der Waals surface area contributed by atoms with Crippen LogP contribution in [0, 0.1) is 5.92 Å². The highest BCUT2D eigenvalue weighted by Gasteiger charge is 2.26. The average molecular weight is 331 g/mol. The number of nitrogens with zero attached hydrogens (tertiary/aromatic N) is 4. The highest BCUT2D eigenvalue weighted by molar-refractivity contribution is 7.18. The fraction of sp³-hybridized carbons (Fsp3) is 0.400. The van der Waals surface area contributed by atoms with Gasteiger partial charge in [0.1, 0.15) is 5.69 Å². The minimum Gasteiger partial charge on any atom is -0.343 e. The number of anilines is 1. The van der Waals surface area contributed by atoms with E-state index in [1.807, 2.05) is 18.2 Å². The molecule has 1 aliphatic rings. The number of hydrogen-bond acceptors (Lipinski definition) is 6. The number of likely N-dealkylation sites (tertiary alicyclic amines) is 1. The second kappa shape index (κ2) is 6.82. The van der Waals surface area contributed by atoms with Crippen molar-refractivity contribution in [3.05, 3.63) is 24.4 Å². The van der Waals surface area contributed by atoms with E-state index in [-0.39, 0.29) is 17.7 Å². The molecule has 3 heterocycles. The Morgan fingerprint density at radius 3 is 2.70 bits per heavy atom. The van der Waals surface area contributed by atoms with Gasteiger partial charge in [-0.1, -0.05) is 17.4 Å². The number of carbonyl (C=O) groups is 2. The van der Waals surface area contributed by atoms with Gasteiger partial charge in [-0.25, -0.2) is 0 Å². The molecular weight excluding hydrogens is 314 g/mol. The third-order valence-electron chi connectivity index (χ3n) is 3.85. The minimum absolute atomic E-state index is 0.0584. The van der Waals surface area contributed by atoms with Crippen LogP contribution in [0.2, 0.25) is 0 Å². The first-order valence-corrected chi connectivity index (χ1v) is 8.26. The van der Waals surface area contributed by atoms with Crippen molar-refractivity contribution in [2.24, 2.45) is 5.92 Å². The molecule has 23 heavy (non-hydrogen) atoms. The van der Waals surface area contributed by atoms with Crippen LogP contribution in [-0.2, 0) is 9.59 Å². The van der Waals surface area contributed by atoms with Crippen molar-refractivity contribution >= 4 is 28.3 Å². The van der Waals surface area contributed by atoms with Crippen LogP contribution >= 0.6 is 11.3 Å². The Hall–Kier alpha value is -2.35. The number of carbonyl (C=O) groups excluding carboxylic acids is 2. The average Bonchev–Trinajstić information content (AvgIpc) is 3.04. The largest absolute Gasteiger partial charge is 0.343 e. The molecule has 1 aliphatic heterocycles. The van der Waals surface area contributed by atoms with E-state index in [1.54, 1.807) is 18.0 Å². The van der Waals surface area contributed by atoms with Crippen molar-refractivity contribution in [1.82, 2.24) is 20.1 Å². The fourth-order valence-corrected chi connectivity index (χ4v) is 3.25. The van der Waals surface area contributed by atoms with Crippen molar-refractivity contribution in [3.8, 4) is 10.7 Å². The predicted molar refractivity (Wildman–Crippen MR) is 86.7 cm³/mol. The molecule has 0 radical (unpaired) electrons. The van der Waals surface area contributed by atoms with E-state index in [0.717, 1.165) is 5.69 Å². The summed E-state index contributed by atoms with van der Waals surface area (Å²) in [7, 11) is 0. The maximum absolute atomic E-state index is 12.3. The summed E-state index contributed by atoms with van der Waals surface area (Å²) in [5, 5.41) is 12.0. The molecule has 8 heteroatoms. The van der Waals surface area contributed by atoms with Crippen molar-refractivity contribution in [2.45, 2.75) is 19.8 Å². The first-order valence-electron chi connectivity index (χ1n) is 7.45. The third-order valence-corrected chi connectivity index (χ3v) is 4.71. The molecule has 0 bridgehead atoms. The molecule has 7 nitrogen and oxygen atoms in total. The van der Waals surface area contributed by atoms with E-state index in [1.165, 1.54) is 11.3 Å². The Labute approximate surface area is 137 Å². The highest BCUT2D eigenvalue weighted by atomic mass is 32.1. The molecule has 0 saturated carbocycles. The van der Waals surface area contributed by atoms with Gasteiger partial charge < -0.3 is 10.2 Å². The Kier molecular flexibility index (Phi) is 4.61. The maximum Gasteiger partial charge on any atom is 0.229 e. The Morgan fingerprint density at radius 2 is 2.04 bits per heavy atom. The number of aromatic nitrogens is 3. The molecule has 0 unspecified atom stereocenters. The first-order chi connectivity index (χ1) is 11.1. The lowest BCUT2D eigenvalue weighted by Gasteiger charge is -2.30. The number of piperidine rings is 1. The molecule has 120 valence electrons. The summed E-state index contributed by atoms with van der Waals surface area (Å²) >= 11 is 1.30. The zero-order chi connectivity index (χ0) is 16.2. The van der Waals surface area contributed by atoms with Gasteiger partial charge in [-0.05, 0) is 25.0 Å². The molecule has 1 fully saturated rings. The zero-order valence-electron chi connectivity index (χ0n) is 12.7. The second-order valence-electron chi connectivity index (χ2n) is 5.40. The zero-order valence-corrected chi connectivity index (χ0v) is 13.5. The van der Waals surface area contributed by atoms with Crippen LogP contribution in [0.15, 0.2) is 24.4 Å². The standard InChI is InChI=1S/C15H17N5O2S/c1-10(21)20-8-5-11(6-9-20)13(22)17-15-19-18-14(23-15)12-4-2-3-7-16-12/h2-4,7,11H,5-6,8-9H2,1H3,(H,17,19,22). The van der Waals surface area contributed by atoms with E-state index in [9.17, 15) is 9.59 Å². The normalized spacial score (nSPS) is 15.4. The maximum atomic E-state index is 12.3. The van der Waals surface area contributed by atoms with Gasteiger partial charge in [0, 0.05) is 32.1 Å². The SMILES string of the molecule is CC(=O)N1CCC(C(=O)Nc2nnc(-c3ccccn3)s2)CC1. The summed E-state index contributed by atoms with van der Waals surface area (Å²) in [5.41, 5.74) is 0.736. The van der Waals surface area contributed by atoms with Crippen LogP contribution in [0.1, 0.15) is 19.8 Å². The quantitative estimate of drug-likeness (QED) is 0.926. The molecule has 2 aromatic heterocycles. The molecule has 0 aromatic carbocycles. The lowest BCUT2D eigenvalue weighted by molar-refractivity contribution is -0.132. The number of rotatable bonds is 3. The molecule has 0 atom stereocenters. The highest BCUT2D eigenvalue weighted by Crippen LogP contribution is 2.26.